The Morgan fingerprint density at radius 2 is 1.66 bits per heavy atom. The molecule has 44 heavy (non-hydrogen) atoms. The van der Waals surface area contributed by atoms with Crippen molar-refractivity contribution in [2.45, 2.75) is 26.7 Å². The lowest BCUT2D eigenvalue weighted by Crippen LogP contribution is -2.38. The number of rotatable bonds is 7. The second kappa shape index (κ2) is 11.3. The van der Waals surface area contributed by atoms with Crippen LogP contribution in [0.2, 0.25) is 0 Å². The maximum atomic E-state index is 13.7. The fraction of sp³-hybridized carbons (Fsp3) is 0.206. The minimum absolute atomic E-state index is 0.100. The summed E-state index contributed by atoms with van der Waals surface area (Å²) >= 11 is 0. The smallest absolute Gasteiger partial charge is 0.268 e. The number of aromatic nitrogens is 3. The van der Waals surface area contributed by atoms with Crippen LogP contribution in [0.5, 0.6) is 23.0 Å². The fourth-order valence-electron chi connectivity index (χ4n) is 5.38. The van der Waals surface area contributed by atoms with E-state index in [1.807, 2.05) is 32.0 Å². The number of nitrogens with zero attached hydrogens (tertiary/aromatic N) is 3. The molecule has 222 valence electrons. The zero-order chi connectivity index (χ0) is 31.0. The van der Waals surface area contributed by atoms with Crippen LogP contribution >= 0.6 is 0 Å². The van der Waals surface area contributed by atoms with Crippen molar-refractivity contribution >= 4 is 28.4 Å². The monoisotopic (exact) mass is 590 g/mol. The van der Waals surface area contributed by atoms with Crippen molar-refractivity contribution < 1.29 is 23.8 Å². The van der Waals surface area contributed by atoms with Crippen LogP contribution < -0.4 is 25.1 Å². The van der Waals surface area contributed by atoms with E-state index in [4.69, 9.17) is 14.2 Å². The van der Waals surface area contributed by atoms with Gasteiger partial charge in [-0.25, -0.2) is 4.98 Å². The molecule has 0 spiro atoms. The van der Waals surface area contributed by atoms with Crippen LogP contribution in [0.15, 0.2) is 83.9 Å². The Balaban J connectivity index is 1.29. The molecule has 10 nitrogen and oxygen atoms in total. The SMILES string of the molecule is COc1cc2nccc(Oc3ccc(NC(=O)c4cc5c(n(-c6ccccc6)c4=O)CCC(C)(C)C5=O)nc3)c2cc1OC. The number of ketones is 1. The van der Waals surface area contributed by atoms with Crippen LogP contribution in [-0.2, 0) is 6.42 Å². The Bertz CT molecular complexity index is 1970. The number of pyridine rings is 3. The number of anilines is 1. The topological polar surface area (TPSA) is 122 Å². The van der Waals surface area contributed by atoms with Crippen LogP contribution in [0.1, 0.15) is 46.7 Å². The van der Waals surface area contributed by atoms with Crippen molar-refractivity contribution in [1.82, 2.24) is 14.5 Å². The molecule has 10 heteroatoms. The lowest BCUT2D eigenvalue weighted by Gasteiger charge is -2.31. The number of para-hydroxylation sites is 1. The van der Waals surface area contributed by atoms with Crippen molar-refractivity contribution in [3.8, 4) is 28.7 Å². The Hall–Kier alpha value is -5.51. The molecule has 1 N–H and O–H groups in total. The molecule has 2 aromatic carbocycles. The summed E-state index contributed by atoms with van der Waals surface area (Å²) in [5, 5.41) is 3.41. The number of hydrogen-bond acceptors (Lipinski definition) is 8. The standard InChI is InChI=1S/C34H30N4O6/c1-34(2)14-12-26-23(31(34)39)16-24(33(41)38(26)20-8-6-5-7-9-20)32(40)37-30-11-10-21(19-36-30)44-27-13-15-35-25-18-29(43-4)28(42-3)17-22(25)27/h5-11,13,15-19H,12,14H2,1-4H3,(H,36,37,40). The van der Waals surface area contributed by atoms with E-state index in [9.17, 15) is 14.4 Å². The third-order valence-electron chi connectivity index (χ3n) is 7.82. The molecule has 0 saturated heterocycles. The van der Waals surface area contributed by atoms with Gasteiger partial charge in [0, 0.05) is 40.0 Å². The summed E-state index contributed by atoms with van der Waals surface area (Å²) in [6.07, 6.45) is 4.23. The predicted molar refractivity (Wildman–Crippen MR) is 166 cm³/mol. The number of Topliss-reactive ketones (excluding diaryl/α,β-unsaturated/α-hetero) is 1. The molecule has 3 heterocycles. The Labute approximate surface area is 253 Å². The molecule has 0 radical (unpaired) electrons. The summed E-state index contributed by atoms with van der Waals surface area (Å²) in [7, 11) is 3.11. The van der Waals surface area contributed by atoms with Gasteiger partial charge in [0.05, 0.1) is 25.9 Å². The van der Waals surface area contributed by atoms with E-state index < -0.39 is 16.9 Å². The summed E-state index contributed by atoms with van der Waals surface area (Å²) in [6.45, 7) is 3.76. The molecule has 1 amide bonds. The van der Waals surface area contributed by atoms with Crippen molar-refractivity contribution in [2.24, 2.45) is 5.41 Å². The van der Waals surface area contributed by atoms with Gasteiger partial charge in [-0.2, -0.15) is 0 Å². The van der Waals surface area contributed by atoms with E-state index in [0.29, 0.717) is 63.7 Å². The average molecular weight is 591 g/mol. The minimum Gasteiger partial charge on any atom is -0.493 e. The Morgan fingerprint density at radius 3 is 2.36 bits per heavy atom. The number of hydrogen-bond donors (Lipinski definition) is 1. The van der Waals surface area contributed by atoms with Gasteiger partial charge in [0.1, 0.15) is 22.9 Å². The van der Waals surface area contributed by atoms with Crippen LogP contribution in [0.25, 0.3) is 16.6 Å². The number of amides is 1. The molecule has 1 aliphatic carbocycles. The molecule has 0 aliphatic heterocycles. The van der Waals surface area contributed by atoms with E-state index in [0.717, 1.165) is 0 Å². The summed E-state index contributed by atoms with van der Waals surface area (Å²) in [4.78, 5) is 49.3. The van der Waals surface area contributed by atoms with Crippen molar-refractivity contribution in [3.63, 3.8) is 0 Å². The largest absolute Gasteiger partial charge is 0.493 e. The van der Waals surface area contributed by atoms with Gasteiger partial charge in [-0.05, 0) is 55.3 Å². The molecular formula is C34H30N4O6. The van der Waals surface area contributed by atoms with Crippen LogP contribution in [-0.4, -0.2) is 40.4 Å². The third kappa shape index (κ3) is 5.15. The number of carbonyl (C=O) groups excluding carboxylic acids is 2. The van der Waals surface area contributed by atoms with Crippen LogP contribution in [0.3, 0.4) is 0 Å². The molecular weight excluding hydrogens is 560 g/mol. The Kier molecular flexibility index (Phi) is 7.34. The first-order valence-corrected chi connectivity index (χ1v) is 14.1. The van der Waals surface area contributed by atoms with E-state index in [2.05, 4.69) is 15.3 Å². The molecule has 0 bridgehead atoms. The lowest BCUT2D eigenvalue weighted by atomic mass is 9.74. The lowest BCUT2D eigenvalue weighted by molar-refractivity contribution is 0.0808. The van der Waals surface area contributed by atoms with Gasteiger partial charge in [0.15, 0.2) is 17.3 Å². The molecule has 0 fully saturated rings. The second-order valence-electron chi connectivity index (χ2n) is 11.1. The highest BCUT2D eigenvalue weighted by Crippen LogP contribution is 2.37. The minimum atomic E-state index is -0.666. The highest BCUT2D eigenvalue weighted by atomic mass is 16.5. The van der Waals surface area contributed by atoms with Gasteiger partial charge in [0.25, 0.3) is 11.5 Å². The van der Waals surface area contributed by atoms with Gasteiger partial charge in [-0.3, -0.25) is 23.9 Å². The zero-order valence-electron chi connectivity index (χ0n) is 24.7. The maximum absolute atomic E-state index is 13.7. The summed E-state index contributed by atoms with van der Waals surface area (Å²) < 4.78 is 18.4. The third-order valence-corrected chi connectivity index (χ3v) is 7.82. The van der Waals surface area contributed by atoms with E-state index in [1.54, 1.807) is 62.9 Å². The number of carbonyl (C=O) groups is 2. The molecule has 0 unspecified atom stereocenters. The molecule has 6 rings (SSSR count). The predicted octanol–water partition coefficient (Wildman–Crippen LogP) is 6.00. The fourth-order valence-corrected chi connectivity index (χ4v) is 5.38. The first-order valence-electron chi connectivity index (χ1n) is 14.1. The highest BCUT2D eigenvalue weighted by molar-refractivity contribution is 6.07. The zero-order valence-corrected chi connectivity index (χ0v) is 24.7. The Morgan fingerprint density at radius 1 is 0.909 bits per heavy atom. The van der Waals surface area contributed by atoms with Crippen molar-refractivity contribution in [3.05, 3.63) is 106 Å². The van der Waals surface area contributed by atoms with Gasteiger partial charge in [-0.1, -0.05) is 32.0 Å². The number of methoxy groups -OCH3 is 2. The number of nitrogens with one attached hydrogen (secondary N) is 1. The number of ether oxygens (including phenoxy) is 3. The normalized spacial score (nSPS) is 13.7. The first-order chi connectivity index (χ1) is 21.2. The quantitative estimate of drug-likeness (QED) is 0.245. The molecule has 3 aromatic heterocycles. The molecule has 0 atom stereocenters. The van der Waals surface area contributed by atoms with E-state index in [1.165, 1.54) is 16.8 Å². The van der Waals surface area contributed by atoms with Gasteiger partial charge in [0.2, 0.25) is 0 Å². The van der Waals surface area contributed by atoms with E-state index in [-0.39, 0.29) is 17.2 Å². The van der Waals surface area contributed by atoms with Gasteiger partial charge in [-0.15, -0.1) is 0 Å². The van der Waals surface area contributed by atoms with Crippen molar-refractivity contribution in [2.75, 3.05) is 19.5 Å². The van der Waals surface area contributed by atoms with Crippen LogP contribution in [0, 0.1) is 5.41 Å². The average Bonchev–Trinajstić information content (AvgIpc) is 3.03. The van der Waals surface area contributed by atoms with Gasteiger partial charge >= 0.3 is 0 Å². The number of benzene rings is 2. The van der Waals surface area contributed by atoms with E-state index >= 15 is 0 Å². The highest BCUT2D eigenvalue weighted by Gasteiger charge is 2.37. The second-order valence-corrected chi connectivity index (χ2v) is 11.1. The van der Waals surface area contributed by atoms with Crippen LogP contribution in [0.4, 0.5) is 5.82 Å². The first kappa shape index (κ1) is 28.6. The summed E-state index contributed by atoms with van der Waals surface area (Å²) in [6, 6.07) is 18.9. The maximum Gasteiger partial charge on any atom is 0.268 e. The van der Waals surface area contributed by atoms with Crippen molar-refractivity contribution in [1.29, 1.82) is 0 Å². The molecule has 1 aliphatic rings. The summed E-state index contributed by atoms with van der Waals surface area (Å²) in [5.41, 5.74) is 0.992. The molecule has 5 aromatic rings. The number of fused-ring (bicyclic) bond motifs is 2. The molecule has 0 saturated carbocycles. The summed E-state index contributed by atoms with van der Waals surface area (Å²) in [5.74, 6) is 1.47. The van der Waals surface area contributed by atoms with Gasteiger partial charge < -0.3 is 19.5 Å².